The first-order chi connectivity index (χ1) is 27.9. The highest BCUT2D eigenvalue weighted by Gasteiger charge is 2.26. The van der Waals surface area contributed by atoms with Crippen LogP contribution in [0.2, 0.25) is 0 Å². The molecular formula is C45H76NO11P. The zero-order chi connectivity index (χ0) is 42.9. The predicted molar refractivity (Wildman–Crippen MR) is 230 cm³/mol. The Morgan fingerprint density at radius 3 is 1.86 bits per heavy atom. The van der Waals surface area contributed by atoms with Gasteiger partial charge in [0.25, 0.3) is 0 Å². The standard InChI is InChI=1S/C45H76NO11P/c1-5-7-9-10-11-12-13-14-15-16-19-23-27-40(47)41(48)28-26-32-44(49)53-35-39(36-55-58(51,52)54-34-33-46)56-45(50)31-25-21-18-17-20-24-30-43-38(4)37(3)42(57-43)29-22-8-6-2/h7,9,11-12,14-15,19,23,39-41,47-48H,5-6,8,10,13,16-18,20-22,24-36,46H2,1-4H3,(H,51,52)/b9-7-,12-11-,15-14-,23-19-/t39-,40+,41+/m1/s1. The van der Waals surface area contributed by atoms with Gasteiger partial charge in [0, 0.05) is 32.2 Å². The van der Waals surface area contributed by atoms with Crippen molar-refractivity contribution in [2.45, 2.75) is 174 Å². The maximum atomic E-state index is 12.7. The molecule has 332 valence electrons. The maximum Gasteiger partial charge on any atom is 0.472 e. The average Bonchev–Trinajstić information content (AvgIpc) is 3.47. The van der Waals surface area contributed by atoms with E-state index in [1.165, 1.54) is 24.0 Å². The number of esters is 2. The van der Waals surface area contributed by atoms with E-state index in [0.717, 1.165) is 88.6 Å². The third-order valence-corrected chi connectivity index (χ3v) is 10.6. The van der Waals surface area contributed by atoms with Crippen LogP contribution in [-0.4, -0.2) is 71.7 Å². The SMILES string of the molecule is CC/C=C\C/C=C\C/C=C\C/C=C\C[C@H](O)[C@@H](O)CCCC(=O)OC[C@H](COP(=O)(O)OCCN)OC(=O)CCCCCCCCc1oc(CCCCC)c(C)c1C. The van der Waals surface area contributed by atoms with Crippen molar-refractivity contribution in [3.05, 3.63) is 71.3 Å². The van der Waals surface area contributed by atoms with Gasteiger partial charge in [0.2, 0.25) is 0 Å². The van der Waals surface area contributed by atoms with Gasteiger partial charge >= 0.3 is 19.8 Å². The van der Waals surface area contributed by atoms with Gasteiger partial charge in [-0.05, 0) is 89.2 Å². The van der Waals surface area contributed by atoms with E-state index in [-0.39, 0.29) is 45.3 Å². The molecule has 0 aliphatic carbocycles. The Morgan fingerprint density at radius 2 is 1.26 bits per heavy atom. The molecule has 0 aromatic carbocycles. The van der Waals surface area contributed by atoms with Crippen LogP contribution in [0.15, 0.2) is 53.0 Å². The third-order valence-electron chi connectivity index (χ3n) is 9.63. The molecule has 0 aliphatic rings. The van der Waals surface area contributed by atoms with Gasteiger partial charge in [0.1, 0.15) is 18.1 Å². The minimum atomic E-state index is -4.47. The minimum Gasteiger partial charge on any atom is -0.466 e. The monoisotopic (exact) mass is 838 g/mol. The van der Waals surface area contributed by atoms with Gasteiger partial charge in [-0.15, -0.1) is 0 Å². The van der Waals surface area contributed by atoms with E-state index in [4.69, 9.17) is 28.7 Å². The molecule has 4 atom stereocenters. The highest BCUT2D eigenvalue weighted by molar-refractivity contribution is 7.47. The zero-order valence-electron chi connectivity index (χ0n) is 36.0. The van der Waals surface area contributed by atoms with Gasteiger partial charge in [-0.1, -0.05) is 101 Å². The van der Waals surface area contributed by atoms with Gasteiger partial charge in [-0.3, -0.25) is 18.6 Å². The number of phosphoric ester groups is 1. The number of rotatable bonds is 36. The van der Waals surface area contributed by atoms with Gasteiger partial charge in [-0.25, -0.2) is 4.57 Å². The van der Waals surface area contributed by atoms with E-state index < -0.39 is 51.3 Å². The Morgan fingerprint density at radius 1 is 0.707 bits per heavy atom. The number of unbranched alkanes of at least 4 members (excludes halogenated alkanes) is 7. The number of carbonyl (C=O) groups is 2. The number of aryl methyl sites for hydroxylation is 2. The van der Waals surface area contributed by atoms with Crippen LogP contribution in [0.1, 0.15) is 152 Å². The molecule has 1 rings (SSSR count). The van der Waals surface area contributed by atoms with Gasteiger partial charge in [-0.2, -0.15) is 0 Å². The summed E-state index contributed by atoms with van der Waals surface area (Å²) in [5.41, 5.74) is 7.90. The number of aliphatic hydroxyl groups excluding tert-OH is 2. The molecule has 0 saturated carbocycles. The number of allylic oxidation sites excluding steroid dienone is 7. The number of furan rings is 1. The lowest BCUT2D eigenvalue weighted by molar-refractivity contribution is -0.161. The van der Waals surface area contributed by atoms with E-state index in [1.807, 2.05) is 18.2 Å². The Hall–Kier alpha value is -2.83. The highest BCUT2D eigenvalue weighted by Crippen LogP contribution is 2.43. The lowest BCUT2D eigenvalue weighted by Crippen LogP contribution is -2.30. The van der Waals surface area contributed by atoms with Crippen LogP contribution in [0.5, 0.6) is 0 Å². The van der Waals surface area contributed by atoms with Crippen molar-refractivity contribution in [3.8, 4) is 0 Å². The van der Waals surface area contributed by atoms with Gasteiger partial charge in [0.15, 0.2) is 6.10 Å². The molecule has 1 aromatic rings. The van der Waals surface area contributed by atoms with Crippen LogP contribution in [0.3, 0.4) is 0 Å². The van der Waals surface area contributed by atoms with Crippen molar-refractivity contribution in [1.82, 2.24) is 0 Å². The van der Waals surface area contributed by atoms with Crippen molar-refractivity contribution in [1.29, 1.82) is 0 Å². The maximum absolute atomic E-state index is 12.7. The van der Waals surface area contributed by atoms with Crippen molar-refractivity contribution < 1.29 is 52.2 Å². The Bertz CT molecular complexity index is 1400. The van der Waals surface area contributed by atoms with Gasteiger partial charge in [0.05, 0.1) is 25.4 Å². The topological polar surface area (TPSA) is 188 Å². The van der Waals surface area contributed by atoms with Crippen LogP contribution in [0.4, 0.5) is 0 Å². The van der Waals surface area contributed by atoms with Crippen molar-refractivity contribution in [2.75, 3.05) is 26.4 Å². The molecule has 1 unspecified atom stereocenters. The Labute approximate surface area is 348 Å². The Kier molecular flexibility index (Phi) is 31.1. The number of hydrogen-bond acceptors (Lipinski definition) is 11. The molecule has 1 aromatic heterocycles. The van der Waals surface area contributed by atoms with Crippen LogP contribution < -0.4 is 5.73 Å². The molecule has 0 fully saturated rings. The highest BCUT2D eigenvalue weighted by atomic mass is 31.2. The molecule has 0 amide bonds. The molecule has 5 N–H and O–H groups in total. The van der Waals surface area contributed by atoms with E-state index in [1.54, 1.807) is 0 Å². The van der Waals surface area contributed by atoms with Crippen molar-refractivity contribution >= 4 is 19.8 Å². The summed E-state index contributed by atoms with van der Waals surface area (Å²) >= 11 is 0. The van der Waals surface area contributed by atoms with E-state index in [2.05, 4.69) is 58.1 Å². The number of aliphatic hydroxyl groups is 2. The summed E-state index contributed by atoms with van der Waals surface area (Å²) in [4.78, 5) is 35.1. The van der Waals surface area contributed by atoms with E-state index >= 15 is 0 Å². The molecule has 58 heavy (non-hydrogen) atoms. The van der Waals surface area contributed by atoms with Crippen LogP contribution in [0, 0.1) is 13.8 Å². The molecule has 0 spiro atoms. The molecule has 0 saturated heterocycles. The van der Waals surface area contributed by atoms with Crippen LogP contribution in [0.25, 0.3) is 0 Å². The summed E-state index contributed by atoms with van der Waals surface area (Å²) in [6.45, 7) is 7.47. The fraction of sp³-hybridized carbons (Fsp3) is 0.689. The fourth-order valence-electron chi connectivity index (χ4n) is 6.02. The van der Waals surface area contributed by atoms with E-state index in [9.17, 15) is 29.3 Å². The smallest absolute Gasteiger partial charge is 0.466 e. The second-order valence-electron chi connectivity index (χ2n) is 14.7. The molecule has 1 heterocycles. The summed E-state index contributed by atoms with van der Waals surface area (Å²) in [7, 11) is -4.47. The number of carbonyl (C=O) groups excluding carboxylic acids is 2. The lowest BCUT2D eigenvalue weighted by atomic mass is 10.0. The minimum absolute atomic E-state index is 0.00345. The number of phosphoric acid groups is 1. The van der Waals surface area contributed by atoms with Crippen molar-refractivity contribution in [2.24, 2.45) is 5.73 Å². The Balaban J connectivity index is 2.40. The summed E-state index contributed by atoms with van der Waals surface area (Å²) < 4.78 is 38.9. The first-order valence-corrected chi connectivity index (χ1v) is 23.1. The first kappa shape index (κ1) is 53.2. The molecule has 0 bridgehead atoms. The second kappa shape index (κ2) is 33.9. The molecule has 0 aliphatic heterocycles. The lowest BCUT2D eigenvalue weighted by Gasteiger charge is -2.20. The normalized spacial score (nSPS) is 14.8. The molecule has 0 radical (unpaired) electrons. The number of ether oxygens (including phenoxy) is 2. The summed E-state index contributed by atoms with van der Waals surface area (Å²) in [6, 6.07) is 0. The molecule has 13 heteroatoms. The summed E-state index contributed by atoms with van der Waals surface area (Å²) in [5.74, 6) is 1.08. The summed E-state index contributed by atoms with van der Waals surface area (Å²) in [6.07, 6.45) is 28.7. The molecule has 12 nitrogen and oxygen atoms in total. The predicted octanol–water partition coefficient (Wildman–Crippen LogP) is 9.54. The zero-order valence-corrected chi connectivity index (χ0v) is 36.8. The van der Waals surface area contributed by atoms with Gasteiger partial charge < -0.3 is 34.7 Å². The molecular weight excluding hydrogens is 761 g/mol. The van der Waals surface area contributed by atoms with Crippen molar-refractivity contribution in [3.63, 3.8) is 0 Å². The quantitative estimate of drug-likeness (QED) is 0.0217. The summed E-state index contributed by atoms with van der Waals surface area (Å²) in [5, 5.41) is 20.7. The largest absolute Gasteiger partial charge is 0.472 e. The van der Waals surface area contributed by atoms with Crippen LogP contribution >= 0.6 is 7.82 Å². The number of nitrogens with two attached hydrogens (primary N) is 1. The third kappa shape index (κ3) is 27.0. The average molecular weight is 838 g/mol. The van der Waals surface area contributed by atoms with E-state index in [0.29, 0.717) is 6.42 Å². The van der Waals surface area contributed by atoms with Crippen LogP contribution in [-0.2, 0) is 45.5 Å². The number of hydrogen-bond donors (Lipinski definition) is 4. The fourth-order valence-corrected chi connectivity index (χ4v) is 6.78. The second-order valence-corrected chi connectivity index (χ2v) is 16.2. The first-order valence-electron chi connectivity index (χ1n) is 21.6.